The Morgan fingerprint density at radius 2 is 1.36 bits per heavy atom. The van der Waals surface area contributed by atoms with Crippen molar-refractivity contribution in [1.82, 2.24) is 0 Å². The third-order valence-electron chi connectivity index (χ3n) is 7.11. The fourth-order valence-corrected chi connectivity index (χ4v) is 4.88. The Labute approximate surface area is 251 Å². The summed E-state index contributed by atoms with van der Waals surface area (Å²) in [6.45, 7) is 5.73. The SMILES string of the molecule is COc1ccc(/C=C/C[C@H](C(=O)OC(C)(C)C)[C@@H](CCCCCCc2ccccc2)C(=O)OCc2ccccc2)cc1. The number of esters is 2. The lowest BCUT2D eigenvalue weighted by molar-refractivity contribution is -0.169. The molecule has 0 aromatic heterocycles. The fourth-order valence-electron chi connectivity index (χ4n) is 4.88. The second kappa shape index (κ2) is 17.2. The Morgan fingerprint density at radius 3 is 1.98 bits per heavy atom. The van der Waals surface area contributed by atoms with Crippen LogP contribution in [0.4, 0.5) is 0 Å². The molecule has 0 radical (unpaired) electrons. The van der Waals surface area contributed by atoms with Crippen molar-refractivity contribution in [3.63, 3.8) is 0 Å². The first-order valence-corrected chi connectivity index (χ1v) is 15.0. The predicted molar refractivity (Wildman–Crippen MR) is 169 cm³/mol. The first-order chi connectivity index (χ1) is 20.2. The van der Waals surface area contributed by atoms with Gasteiger partial charge in [-0.15, -0.1) is 0 Å². The van der Waals surface area contributed by atoms with E-state index in [1.165, 1.54) is 5.56 Å². The van der Waals surface area contributed by atoms with E-state index < -0.39 is 17.4 Å². The number of ether oxygens (including phenoxy) is 3. The fraction of sp³-hybridized carbons (Fsp3) is 0.405. The maximum absolute atomic E-state index is 13.6. The maximum Gasteiger partial charge on any atom is 0.310 e. The molecule has 0 bridgehead atoms. The van der Waals surface area contributed by atoms with Crippen LogP contribution in [0.15, 0.2) is 91.0 Å². The van der Waals surface area contributed by atoms with Crippen LogP contribution in [0.2, 0.25) is 0 Å². The number of methoxy groups -OCH3 is 1. The number of hydrogen-bond acceptors (Lipinski definition) is 5. The molecular weight excluding hydrogens is 524 g/mol. The van der Waals surface area contributed by atoms with Crippen molar-refractivity contribution in [3.8, 4) is 5.75 Å². The van der Waals surface area contributed by atoms with E-state index in [4.69, 9.17) is 14.2 Å². The summed E-state index contributed by atoms with van der Waals surface area (Å²) in [5.41, 5.74) is 2.58. The van der Waals surface area contributed by atoms with Gasteiger partial charge in [-0.1, -0.05) is 104 Å². The molecule has 0 spiro atoms. The highest BCUT2D eigenvalue weighted by atomic mass is 16.6. The van der Waals surface area contributed by atoms with Crippen molar-refractivity contribution >= 4 is 18.0 Å². The zero-order valence-corrected chi connectivity index (χ0v) is 25.6. The van der Waals surface area contributed by atoms with Gasteiger partial charge in [-0.25, -0.2) is 0 Å². The number of benzene rings is 3. The molecule has 0 amide bonds. The Morgan fingerprint density at radius 1 is 0.738 bits per heavy atom. The molecule has 0 aliphatic rings. The lowest BCUT2D eigenvalue weighted by Crippen LogP contribution is -2.36. The van der Waals surface area contributed by atoms with Crippen molar-refractivity contribution in [2.24, 2.45) is 11.8 Å². The molecule has 5 nitrogen and oxygen atoms in total. The number of hydrogen-bond donors (Lipinski definition) is 0. The molecule has 224 valence electrons. The number of aryl methyl sites for hydroxylation is 1. The number of allylic oxidation sites excluding steroid dienone is 1. The summed E-state index contributed by atoms with van der Waals surface area (Å²) in [7, 11) is 1.64. The Hall–Kier alpha value is -3.86. The maximum atomic E-state index is 13.6. The van der Waals surface area contributed by atoms with Crippen LogP contribution >= 0.6 is 0 Å². The van der Waals surface area contributed by atoms with Gasteiger partial charge in [-0.2, -0.15) is 0 Å². The van der Waals surface area contributed by atoms with Crippen molar-refractivity contribution in [2.45, 2.75) is 77.9 Å². The molecule has 3 rings (SSSR count). The summed E-state index contributed by atoms with van der Waals surface area (Å²) in [4.78, 5) is 27.1. The Kier molecular flexibility index (Phi) is 13.4. The molecule has 0 aliphatic heterocycles. The normalized spacial score (nSPS) is 13.0. The molecule has 0 saturated carbocycles. The van der Waals surface area contributed by atoms with Gasteiger partial charge >= 0.3 is 11.9 Å². The molecule has 42 heavy (non-hydrogen) atoms. The van der Waals surface area contributed by atoms with Gasteiger partial charge in [-0.3, -0.25) is 9.59 Å². The molecule has 0 heterocycles. The zero-order chi connectivity index (χ0) is 30.2. The zero-order valence-electron chi connectivity index (χ0n) is 25.6. The first-order valence-electron chi connectivity index (χ1n) is 15.0. The highest BCUT2D eigenvalue weighted by molar-refractivity contribution is 5.82. The molecule has 3 aromatic carbocycles. The average molecular weight is 571 g/mol. The summed E-state index contributed by atoms with van der Waals surface area (Å²) >= 11 is 0. The molecule has 0 unspecified atom stereocenters. The van der Waals surface area contributed by atoms with Gasteiger partial charge in [0.15, 0.2) is 0 Å². The van der Waals surface area contributed by atoms with Gasteiger partial charge in [0.2, 0.25) is 0 Å². The summed E-state index contributed by atoms with van der Waals surface area (Å²) in [5.74, 6) is -1.18. The van der Waals surface area contributed by atoms with Crippen molar-refractivity contribution in [3.05, 3.63) is 108 Å². The van der Waals surface area contributed by atoms with Crippen molar-refractivity contribution in [2.75, 3.05) is 7.11 Å². The van der Waals surface area contributed by atoms with Crippen molar-refractivity contribution in [1.29, 1.82) is 0 Å². The van der Waals surface area contributed by atoms with E-state index in [1.807, 2.05) is 93.6 Å². The topological polar surface area (TPSA) is 61.8 Å². The predicted octanol–water partition coefficient (Wildman–Crippen LogP) is 8.61. The molecular formula is C37H46O5. The monoisotopic (exact) mass is 570 g/mol. The highest BCUT2D eigenvalue weighted by Crippen LogP contribution is 2.29. The number of carbonyl (C=O) groups excluding carboxylic acids is 2. The van der Waals surface area contributed by atoms with Gasteiger partial charge < -0.3 is 14.2 Å². The van der Waals surface area contributed by atoms with Crippen LogP contribution in [0.3, 0.4) is 0 Å². The van der Waals surface area contributed by atoms with Gasteiger partial charge in [-0.05, 0) is 75.3 Å². The van der Waals surface area contributed by atoms with E-state index in [0.29, 0.717) is 12.8 Å². The molecule has 5 heteroatoms. The van der Waals surface area contributed by atoms with E-state index in [-0.39, 0.29) is 18.5 Å². The molecule has 3 aromatic rings. The van der Waals surface area contributed by atoms with E-state index in [9.17, 15) is 9.59 Å². The van der Waals surface area contributed by atoms with E-state index in [2.05, 4.69) is 24.3 Å². The molecule has 0 saturated heterocycles. The molecule has 0 aliphatic carbocycles. The average Bonchev–Trinajstić information content (AvgIpc) is 2.98. The number of unbranched alkanes of at least 4 members (excludes halogenated alkanes) is 3. The van der Waals surface area contributed by atoms with Crippen LogP contribution in [0.5, 0.6) is 5.75 Å². The van der Waals surface area contributed by atoms with E-state index >= 15 is 0 Å². The second-order valence-corrected chi connectivity index (χ2v) is 11.7. The Balaban J connectivity index is 1.71. The van der Waals surface area contributed by atoms with Crippen LogP contribution in [0.1, 0.15) is 76.0 Å². The summed E-state index contributed by atoms with van der Waals surface area (Å²) in [6.07, 6.45) is 9.88. The van der Waals surface area contributed by atoms with Crippen molar-refractivity contribution < 1.29 is 23.8 Å². The second-order valence-electron chi connectivity index (χ2n) is 11.7. The van der Waals surface area contributed by atoms with Gasteiger partial charge in [0.05, 0.1) is 18.9 Å². The standard InChI is InChI=1S/C37H46O5/c1-37(2,3)42-36(39)34(23-15-21-30-24-26-32(40-4)27-25-30)33(35(38)41-28-31-19-12-8-13-20-31)22-14-6-5-9-16-29-17-10-7-11-18-29/h7-8,10-13,15,17-21,24-27,33-34H,5-6,9,14,16,22-23,28H2,1-4H3/b21-15+/t33-,34+/m1/s1. The first kappa shape index (κ1) is 32.7. The third kappa shape index (κ3) is 11.9. The van der Waals surface area contributed by atoms with Crippen LogP contribution in [-0.4, -0.2) is 24.6 Å². The summed E-state index contributed by atoms with van der Waals surface area (Å²) in [5, 5.41) is 0. The number of carbonyl (C=O) groups is 2. The van der Waals surface area contributed by atoms with Crippen LogP contribution in [0, 0.1) is 11.8 Å². The van der Waals surface area contributed by atoms with Crippen LogP contribution in [-0.2, 0) is 32.1 Å². The largest absolute Gasteiger partial charge is 0.497 e. The van der Waals surface area contributed by atoms with Gasteiger partial charge in [0, 0.05) is 0 Å². The van der Waals surface area contributed by atoms with E-state index in [0.717, 1.165) is 49.0 Å². The minimum absolute atomic E-state index is 0.177. The lowest BCUT2D eigenvalue weighted by atomic mass is 9.84. The molecule has 2 atom stereocenters. The highest BCUT2D eigenvalue weighted by Gasteiger charge is 2.36. The number of rotatable bonds is 16. The minimum Gasteiger partial charge on any atom is -0.497 e. The molecule has 0 N–H and O–H groups in total. The lowest BCUT2D eigenvalue weighted by Gasteiger charge is -2.28. The van der Waals surface area contributed by atoms with Crippen LogP contribution in [0.25, 0.3) is 6.08 Å². The smallest absolute Gasteiger partial charge is 0.310 e. The van der Waals surface area contributed by atoms with Gasteiger partial charge in [0.25, 0.3) is 0 Å². The minimum atomic E-state index is -0.662. The third-order valence-corrected chi connectivity index (χ3v) is 7.11. The quantitative estimate of drug-likeness (QED) is 0.127. The molecule has 0 fully saturated rings. The summed E-state index contributed by atoms with van der Waals surface area (Å²) < 4.78 is 16.9. The van der Waals surface area contributed by atoms with Gasteiger partial charge in [0.1, 0.15) is 18.0 Å². The summed E-state index contributed by atoms with van der Waals surface area (Å²) in [6, 6.07) is 27.8. The Bertz CT molecular complexity index is 1230. The van der Waals surface area contributed by atoms with E-state index in [1.54, 1.807) is 7.11 Å². The van der Waals surface area contributed by atoms with Crippen LogP contribution < -0.4 is 4.74 Å².